The Morgan fingerprint density at radius 3 is 1.14 bits per heavy atom. The summed E-state index contributed by atoms with van der Waals surface area (Å²) in [6, 6.07) is 109. The average Bonchev–Trinajstić information content (AvgIpc) is 1.58. The van der Waals surface area contributed by atoms with Crippen LogP contribution < -0.4 is 0 Å². The van der Waals surface area contributed by atoms with Crippen molar-refractivity contribution in [3.63, 3.8) is 0 Å². The number of rotatable bonds is 5. The second-order valence-electron chi connectivity index (χ2n) is 28.0. The Kier molecular flexibility index (Phi) is 11.8. The van der Waals surface area contributed by atoms with Gasteiger partial charge in [0, 0.05) is 71.7 Å². The standard InChI is InChI=1S/C49H28N2O2.C46H30N2O/c1-2-13-39-35(10-1)41-25-31(29-8-7-9-30(24-29)33-16-19-38-36-11-3-5-14-43(36)53-46(38)27-33)17-20-40(41)49-48(39)50-47-28-34(22-23-51(47)49)32-18-21-45-42(26-32)37-12-4-6-15-44(37)52-45;1-46(2)39-13-7-5-10-32(39)33-18-15-29(25-40(33)46)27-16-19-36-37(23-27)31-9-3-4-12-35(31)44-45(36)48-22-21-30(26-43(48)47-44)28-17-20-42-38(24-28)34-11-6-8-14-41(34)49-42/h1-28H;3-26H,1-2H3. The van der Waals surface area contributed by atoms with Crippen LogP contribution in [0.1, 0.15) is 25.0 Å². The van der Waals surface area contributed by atoms with Crippen molar-refractivity contribution in [3.05, 3.63) is 327 Å². The highest BCUT2D eigenvalue weighted by atomic mass is 16.3. The smallest absolute Gasteiger partial charge is 0.138 e. The molecule has 102 heavy (non-hydrogen) atoms. The molecule has 7 heterocycles. The highest BCUT2D eigenvalue weighted by Crippen LogP contribution is 2.51. The highest BCUT2D eigenvalue weighted by Gasteiger charge is 2.35. The van der Waals surface area contributed by atoms with Crippen LogP contribution in [0.25, 0.3) is 209 Å². The van der Waals surface area contributed by atoms with Gasteiger partial charge in [-0.15, -0.1) is 0 Å². The minimum absolute atomic E-state index is 0.0366. The molecule has 0 spiro atoms. The second-order valence-corrected chi connectivity index (χ2v) is 28.0. The average molecular weight is 1300 g/mol. The van der Waals surface area contributed by atoms with Crippen molar-refractivity contribution in [3.8, 4) is 66.8 Å². The number of fused-ring (bicyclic) bond motifs is 28. The summed E-state index contributed by atoms with van der Waals surface area (Å²) in [6.07, 6.45) is 4.35. The Morgan fingerprint density at radius 2 is 0.598 bits per heavy atom. The molecule has 0 saturated heterocycles. The molecule has 0 unspecified atom stereocenters. The maximum atomic E-state index is 6.22. The summed E-state index contributed by atoms with van der Waals surface area (Å²) >= 11 is 0. The van der Waals surface area contributed by atoms with Crippen molar-refractivity contribution >= 4 is 142 Å². The SMILES string of the molecule is CC1(C)c2ccccc2-c2ccc(-c3ccc4c(c3)c3ccccc3c3nc5cc(-c6ccc7oc8ccccc8c7c6)ccn5c43)cc21.c1cc(-c2ccc3c(c2)oc2ccccc23)cc(-c2ccc3c(c2)c2ccccc2c2nc4cc(-c5ccc6oc7ccccc7c6c5)ccn4c32)c1. The van der Waals surface area contributed by atoms with Crippen LogP contribution in [0.3, 0.4) is 0 Å². The Labute approximate surface area is 583 Å². The third-order valence-electron chi connectivity index (χ3n) is 22.0. The Hall–Kier alpha value is -13.4. The van der Waals surface area contributed by atoms with E-state index < -0.39 is 0 Å². The zero-order valence-corrected chi connectivity index (χ0v) is 55.5. The van der Waals surface area contributed by atoms with Crippen LogP contribution in [0, 0.1) is 0 Å². The van der Waals surface area contributed by atoms with E-state index in [1.807, 2.05) is 36.4 Å². The molecule has 476 valence electrons. The van der Waals surface area contributed by atoms with Crippen LogP contribution in [-0.4, -0.2) is 18.8 Å². The lowest BCUT2D eigenvalue weighted by molar-refractivity contribution is 0.660. The summed E-state index contributed by atoms with van der Waals surface area (Å²) < 4.78 is 22.9. The molecule has 0 saturated carbocycles. The molecular formula is C95H58N4O3. The first-order chi connectivity index (χ1) is 50.3. The Bertz CT molecular complexity index is 7380. The molecule has 0 aliphatic heterocycles. The number of para-hydroxylation sites is 3. The summed E-state index contributed by atoms with van der Waals surface area (Å²) in [5, 5.41) is 16.4. The molecule has 22 aromatic rings. The van der Waals surface area contributed by atoms with Crippen molar-refractivity contribution in [1.29, 1.82) is 0 Å². The molecule has 0 bridgehead atoms. The van der Waals surface area contributed by atoms with E-state index in [0.29, 0.717) is 0 Å². The molecule has 23 rings (SSSR count). The molecule has 0 N–H and O–H groups in total. The fourth-order valence-corrected chi connectivity index (χ4v) is 17.0. The normalized spacial score (nSPS) is 12.9. The van der Waals surface area contributed by atoms with Gasteiger partial charge >= 0.3 is 0 Å². The third kappa shape index (κ3) is 8.42. The molecule has 0 atom stereocenters. The lowest BCUT2D eigenvalue weighted by Gasteiger charge is -2.22. The summed E-state index contributed by atoms with van der Waals surface area (Å²) in [7, 11) is 0. The van der Waals surface area contributed by atoms with E-state index in [1.165, 1.54) is 82.2 Å². The maximum absolute atomic E-state index is 6.22. The molecule has 0 fully saturated rings. The van der Waals surface area contributed by atoms with Crippen LogP contribution in [0.2, 0.25) is 0 Å². The number of imidazole rings is 2. The maximum Gasteiger partial charge on any atom is 0.138 e. The van der Waals surface area contributed by atoms with Gasteiger partial charge in [-0.25, -0.2) is 9.97 Å². The van der Waals surface area contributed by atoms with Crippen molar-refractivity contribution in [1.82, 2.24) is 18.8 Å². The van der Waals surface area contributed by atoms with Gasteiger partial charge in [0.2, 0.25) is 0 Å². The van der Waals surface area contributed by atoms with Crippen molar-refractivity contribution in [2.24, 2.45) is 0 Å². The molecule has 15 aromatic carbocycles. The number of hydrogen-bond acceptors (Lipinski definition) is 5. The molecule has 7 heteroatoms. The summed E-state index contributed by atoms with van der Waals surface area (Å²) in [4.78, 5) is 10.6. The zero-order valence-electron chi connectivity index (χ0n) is 55.5. The van der Waals surface area contributed by atoms with E-state index in [2.05, 4.69) is 302 Å². The zero-order chi connectivity index (χ0) is 67.1. The predicted octanol–water partition coefficient (Wildman–Crippen LogP) is 25.9. The van der Waals surface area contributed by atoms with Gasteiger partial charge in [0.25, 0.3) is 0 Å². The molecule has 0 radical (unpaired) electrons. The van der Waals surface area contributed by atoms with Gasteiger partial charge in [0.05, 0.1) is 22.1 Å². The first-order valence-corrected chi connectivity index (χ1v) is 34.9. The minimum Gasteiger partial charge on any atom is -0.456 e. The van der Waals surface area contributed by atoms with Crippen LogP contribution in [0.15, 0.2) is 329 Å². The number of pyridine rings is 2. The van der Waals surface area contributed by atoms with Gasteiger partial charge in [0.1, 0.15) is 44.8 Å². The van der Waals surface area contributed by atoms with E-state index in [9.17, 15) is 0 Å². The monoisotopic (exact) mass is 1300 g/mol. The van der Waals surface area contributed by atoms with Gasteiger partial charge in [0.15, 0.2) is 0 Å². The van der Waals surface area contributed by atoms with E-state index in [4.69, 9.17) is 23.2 Å². The van der Waals surface area contributed by atoms with Crippen molar-refractivity contribution < 1.29 is 13.3 Å². The number of hydrogen-bond donors (Lipinski definition) is 0. The van der Waals surface area contributed by atoms with E-state index in [0.717, 1.165) is 138 Å². The Balaban J connectivity index is 0.000000129. The van der Waals surface area contributed by atoms with Gasteiger partial charge in [-0.05, 0) is 203 Å². The van der Waals surface area contributed by atoms with Crippen LogP contribution >= 0.6 is 0 Å². The summed E-state index contributed by atoms with van der Waals surface area (Å²) in [5.41, 5.74) is 28.7. The number of furan rings is 3. The molecule has 7 nitrogen and oxygen atoms in total. The molecule has 7 aromatic heterocycles. The predicted molar refractivity (Wildman–Crippen MR) is 422 cm³/mol. The number of nitrogens with zero attached hydrogens (tertiary/aromatic N) is 4. The minimum atomic E-state index is -0.0366. The molecule has 0 amide bonds. The van der Waals surface area contributed by atoms with Crippen molar-refractivity contribution in [2.45, 2.75) is 19.3 Å². The largest absolute Gasteiger partial charge is 0.456 e. The van der Waals surface area contributed by atoms with Crippen LogP contribution in [0.4, 0.5) is 0 Å². The topological polar surface area (TPSA) is 74.0 Å². The lowest BCUT2D eigenvalue weighted by atomic mass is 9.81. The van der Waals surface area contributed by atoms with Gasteiger partial charge in [-0.2, -0.15) is 0 Å². The number of aromatic nitrogens is 4. The number of benzene rings is 15. The summed E-state index contributed by atoms with van der Waals surface area (Å²) in [5.74, 6) is 0. The second kappa shape index (κ2) is 21.3. The van der Waals surface area contributed by atoms with Gasteiger partial charge < -0.3 is 13.3 Å². The highest BCUT2D eigenvalue weighted by molar-refractivity contribution is 6.26. The fraction of sp³-hybridized carbons (Fsp3) is 0.0316. The molecule has 1 aliphatic rings. The van der Waals surface area contributed by atoms with Gasteiger partial charge in [-0.3, -0.25) is 8.80 Å². The van der Waals surface area contributed by atoms with E-state index in [1.54, 1.807) is 0 Å². The van der Waals surface area contributed by atoms with Crippen LogP contribution in [-0.2, 0) is 5.41 Å². The summed E-state index contributed by atoms with van der Waals surface area (Å²) in [6.45, 7) is 4.69. The molecule has 1 aliphatic carbocycles. The van der Waals surface area contributed by atoms with Crippen LogP contribution in [0.5, 0.6) is 0 Å². The molecular weight excluding hydrogens is 1250 g/mol. The van der Waals surface area contributed by atoms with E-state index in [-0.39, 0.29) is 5.41 Å². The van der Waals surface area contributed by atoms with Gasteiger partial charge in [-0.1, -0.05) is 214 Å². The first-order valence-electron chi connectivity index (χ1n) is 34.9. The fourth-order valence-electron chi connectivity index (χ4n) is 17.0. The lowest BCUT2D eigenvalue weighted by Crippen LogP contribution is -2.14. The van der Waals surface area contributed by atoms with E-state index >= 15 is 0 Å². The first kappa shape index (κ1) is 56.6. The third-order valence-corrected chi connectivity index (χ3v) is 22.0. The van der Waals surface area contributed by atoms with Crippen molar-refractivity contribution in [2.75, 3.05) is 0 Å². The quantitative estimate of drug-likeness (QED) is 0.161. The Morgan fingerprint density at radius 1 is 0.235 bits per heavy atom.